The zero-order valence-electron chi connectivity index (χ0n) is 20.1. The lowest BCUT2D eigenvalue weighted by Crippen LogP contribution is -2.48. The Morgan fingerprint density at radius 1 is 1.40 bits per heavy atom. The predicted molar refractivity (Wildman–Crippen MR) is 128 cm³/mol. The highest BCUT2D eigenvalue weighted by molar-refractivity contribution is 6.33. The number of likely N-dealkylation sites (tertiary alicyclic amines) is 1. The molecule has 0 aromatic heterocycles. The highest BCUT2D eigenvalue weighted by Crippen LogP contribution is 2.44. The Hall–Kier alpha value is -3.01. The molecule has 2 aliphatic heterocycles. The van der Waals surface area contributed by atoms with Gasteiger partial charge in [0.25, 0.3) is 0 Å². The van der Waals surface area contributed by atoms with Gasteiger partial charge in [0.15, 0.2) is 0 Å². The van der Waals surface area contributed by atoms with Gasteiger partial charge in [0, 0.05) is 36.4 Å². The number of anilines is 1. The van der Waals surface area contributed by atoms with Crippen LogP contribution >= 0.6 is 11.6 Å². The molecular formula is C23H30ClN5O6. The smallest absolute Gasteiger partial charge is 0.342 e. The Morgan fingerprint density at radius 3 is 2.83 bits per heavy atom. The third kappa shape index (κ3) is 6.36. The normalized spacial score (nSPS) is 20.8. The van der Waals surface area contributed by atoms with Crippen LogP contribution in [0.25, 0.3) is 10.4 Å². The van der Waals surface area contributed by atoms with Gasteiger partial charge < -0.3 is 24.8 Å². The number of carbonyl (C=O) groups is 3. The number of rotatable bonds is 8. The zero-order valence-corrected chi connectivity index (χ0v) is 20.8. The van der Waals surface area contributed by atoms with Gasteiger partial charge >= 0.3 is 11.9 Å². The van der Waals surface area contributed by atoms with Crippen LogP contribution in [0.2, 0.25) is 5.02 Å². The minimum atomic E-state index is -0.846. The molecule has 1 saturated heterocycles. The molecular weight excluding hydrogens is 478 g/mol. The van der Waals surface area contributed by atoms with E-state index in [1.54, 1.807) is 6.92 Å². The quantitative estimate of drug-likeness (QED) is 0.183. The molecule has 12 heteroatoms. The minimum Gasteiger partial charge on any atom is -0.486 e. The van der Waals surface area contributed by atoms with E-state index in [-0.39, 0.29) is 29.5 Å². The Balaban J connectivity index is 1.73. The van der Waals surface area contributed by atoms with Gasteiger partial charge in [0.1, 0.15) is 23.0 Å². The van der Waals surface area contributed by atoms with Crippen LogP contribution in [-0.2, 0) is 25.5 Å². The van der Waals surface area contributed by atoms with Crippen LogP contribution in [0, 0.1) is 5.92 Å². The number of halogens is 1. The lowest BCUT2D eigenvalue weighted by molar-refractivity contribution is -0.143. The summed E-state index contributed by atoms with van der Waals surface area (Å²) in [4.78, 5) is 41.9. The lowest BCUT2D eigenvalue weighted by atomic mass is 9.93. The predicted octanol–water partition coefficient (Wildman–Crippen LogP) is 3.66. The third-order valence-corrected chi connectivity index (χ3v) is 6.40. The first-order chi connectivity index (χ1) is 16.6. The number of carbonyl (C=O) groups excluding carboxylic acids is 3. The maximum Gasteiger partial charge on any atom is 0.342 e. The molecule has 3 rings (SSSR count). The fourth-order valence-corrected chi connectivity index (χ4v) is 4.68. The molecule has 0 radical (unpaired) electrons. The van der Waals surface area contributed by atoms with E-state index in [0.29, 0.717) is 56.0 Å². The summed E-state index contributed by atoms with van der Waals surface area (Å²) in [6.45, 7) is 7.12. The summed E-state index contributed by atoms with van der Waals surface area (Å²) in [6, 6.07) is 1.41. The van der Waals surface area contributed by atoms with E-state index >= 15 is 0 Å². The van der Waals surface area contributed by atoms with E-state index in [9.17, 15) is 14.4 Å². The number of hydrogen-bond donors (Lipinski definition) is 1. The molecule has 2 aliphatic rings. The second-order valence-corrected chi connectivity index (χ2v) is 9.65. The van der Waals surface area contributed by atoms with Crippen molar-refractivity contribution in [3.8, 4) is 5.75 Å². The fourth-order valence-electron chi connectivity index (χ4n) is 4.46. The standard InChI is InChI=1S/C23H30ClN5O6/c1-4-33-18(30)6-5-8-29-9-7-17(15(12-29)21(31)27-28-26)34-22(32)13-10-16(24)19(25)14-11-23(2,3)35-20(13)14/h10,15,17H,4-9,11-12,25H2,1-3H3. The molecule has 0 saturated carbocycles. The Kier molecular flexibility index (Phi) is 8.47. The molecule has 0 aliphatic carbocycles. The van der Waals surface area contributed by atoms with Gasteiger partial charge in [-0.15, -0.1) is 0 Å². The SMILES string of the molecule is CCOC(=O)CCCN1CCC(OC(=O)c2cc(Cl)c(N)c3c2OC(C)(C)C3)C(C(=O)N=[N+]=[N-])C1. The largest absolute Gasteiger partial charge is 0.486 e. The van der Waals surface area contributed by atoms with Crippen molar-refractivity contribution < 1.29 is 28.6 Å². The first-order valence-electron chi connectivity index (χ1n) is 11.5. The van der Waals surface area contributed by atoms with Crippen LogP contribution in [0.1, 0.15) is 56.0 Å². The minimum absolute atomic E-state index is 0.136. The number of benzene rings is 1. The Morgan fingerprint density at radius 2 is 2.14 bits per heavy atom. The number of fused-ring (bicyclic) bond motifs is 1. The topological polar surface area (TPSA) is 157 Å². The molecule has 1 amide bonds. The zero-order chi connectivity index (χ0) is 25.8. The number of piperidine rings is 1. The van der Waals surface area contributed by atoms with Crippen LogP contribution in [-0.4, -0.2) is 60.7 Å². The summed E-state index contributed by atoms with van der Waals surface area (Å²) < 4.78 is 16.6. The maximum absolute atomic E-state index is 13.2. The van der Waals surface area contributed by atoms with Crippen LogP contribution < -0.4 is 10.5 Å². The highest BCUT2D eigenvalue weighted by Gasteiger charge is 2.40. The summed E-state index contributed by atoms with van der Waals surface area (Å²) >= 11 is 6.27. The monoisotopic (exact) mass is 507 g/mol. The molecule has 11 nitrogen and oxygen atoms in total. The number of amides is 1. The molecule has 1 aromatic carbocycles. The molecule has 0 bridgehead atoms. The highest BCUT2D eigenvalue weighted by atomic mass is 35.5. The van der Waals surface area contributed by atoms with Crippen molar-refractivity contribution in [2.75, 3.05) is 32.0 Å². The summed E-state index contributed by atoms with van der Waals surface area (Å²) in [5, 5.41) is 3.45. The number of hydrogen-bond acceptors (Lipinski definition) is 8. The van der Waals surface area contributed by atoms with Crippen molar-refractivity contribution in [1.82, 2.24) is 4.90 Å². The van der Waals surface area contributed by atoms with Gasteiger partial charge in [-0.25, -0.2) is 4.79 Å². The van der Waals surface area contributed by atoms with Crippen molar-refractivity contribution >= 4 is 35.1 Å². The second-order valence-electron chi connectivity index (χ2n) is 9.24. The van der Waals surface area contributed by atoms with Crippen LogP contribution in [0.3, 0.4) is 0 Å². The Labute approximate surface area is 208 Å². The average Bonchev–Trinajstić information content (AvgIpc) is 3.12. The number of azide groups is 1. The molecule has 2 unspecified atom stereocenters. The first-order valence-corrected chi connectivity index (χ1v) is 11.9. The van der Waals surface area contributed by atoms with Gasteiger partial charge in [0.2, 0.25) is 5.91 Å². The first kappa shape index (κ1) is 26.6. The van der Waals surface area contributed by atoms with Crippen LogP contribution in [0.4, 0.5) is 5.69 Å². The molecule has 2 atom stereocenters. The van der Waals surface area contributed by atoms with Crippen molar-refractivity contribution in [2.24, 2.45) is 11.0 Å². The maximum atomic E-state index is 13.2. The second kappa shape index (κ2) is 11.2. The van der Waals surface area contributed by atoms with Gasteiger partial charge in [-0.3, -0.25) is 9.59 Å². The number of nitrogens with two attached hydrogens (primary N) is 1. The average molecular weight is 508 g/mol. The molecule has 35 heavy (non-hydrogen) atoms. The van der Waals surface area contributed by atoms with E-state index in [4.69, 9.17) is 37.1 Å². The molecule has 1 aromatic rings. The van der Waals surface area contributed by atoms with Crippen molar-refractivity contribution in [2.45, 2.75) is 58.2 Å². The number of nitrogen functional groups attached to an aromatic ring is 1. The molecule has 1 fully saturated rings. The van der Waals surface area contributed by atoms with E-state index in [2.05, 4.69) is 10.0 Å². The molecule has 190 valence electrons. The van der Waals surface area contributed by atoms with E-state index in [0.717, 1.165) is 0 Å². The number of esters is 2. The summed E-state index contributed by atoms with van der Waals surface area (Å²) in [5.41, 5.74) is 15.4. The Bertz CT molecular complexity index is 1060. The summed E-state index contributed by atoms with van der Waals surface area (Å²) in [6.07, 6.45) is 0.839. The summed E-state index contributed by atoms with van der Waals surface area (Å²) in [7, 11) is 0. The summed E-state index contributed by atoms with van der Waals surface area (Å²) in [5.74, 6) is -2.20. The van der Waals surface area contributed by atoms with Crippen molar-refractivity contribution in [3.63, 3.8) is 0 Å². The molecule has 2 heterocycles. The van der Waals surface area contributed by atoms with Gasteiger partial charge in [-0.2, -0.15) is 0 Å². The van der Waals surface area contributed by atoms with E-state index in [1.807, 2.05) is 18.7 Å². The van der Waals surface area contributed by atoms with Crippen molar-refractivity contribution in [3.05, 3.63) is 32.7 Å². The number of ether oxygens (including phenoxy) is 3. The molecule has 0 spiro atoms. The number of nitrogens with zero attached hydrogens (tertiary/aromatic N) is 4. The molecule has 2 N–H and O–H groups in total. The van der Waals surface area contributed by atoms with Gasteiger partial charge in [-0.1, -0.05) is 11.6 Å². The van der Waals surface area contributed by atoms with Crippen LogP contribution in [0.15, 0.2) is 11.2 Å². The lowest BCUT2D eigenvalue weighted by Gasteiger charge is -2.36. The van der Waals surface area contributed by atoms with Gasteiger partial charge in [-0.05, 0) is 56.9 Å². The van der Waals surface area contributed by atoms with Crippen LogP contribution in [0.5, 0.6) is 5.75 Å². The third-order valence-electron chi connectivity index (χ3n) is 6.09. The van der Waals surface area contributed by atoms with Crippen molar-refractivity contribution in [1.29, 1.82) is 0 Å². The fraction of sp³-hybridized carbons (Fsp3) is 0.609. The van der Waals surface area contributed by atoms with E-state index < -0.39 is 29.5 Å². The van der Waals surface area contributed by atoms with Gasteiger partial charge in [0.05, 0.1) is 23.2 Å². The van der Waals surface area contributed by atoms with E-state index in [1.165, 1.54) is 6.07 Å².